The second-order valence-corrected chi connectivity index (χ2v) is 9.66. The van der Waals surface area contributed by atoms with Crippen LogP contribution >= 0.6 is 27.5 Å². The molecule has 182 valence electrons. The van der Waals surface area contributed by atoms with Crippen LogP contribution in [0.5, 0.6) is 11.5 Å². The minimum atomic E-state index is -0.770. The summed E-state index contributed by atoms with van der Waals surface area (Å²) in [5.41, 5.74) is 2.38. The minimum Gasteiger partial charge on any atom is -0.493 e. The molecule has 1 amide bonds. The van der Waals surface area contributed by atoms with E-state index >= 15 is 0 Å². The molecule has 2 heterocycles. The van der Waals surface area contributed by atoms with Crippen molar-refractivity contribution in [1.82, 2.24) is 0 Å². The van der Waals surface area contributed by atoms with Gasteiger partial charge in [-0.2, -0.15) is 0 Å². The number of methoxy groups -OCH3 is 1. The van der Waals surface area contributed by atoms with Crippen LogP contribution < -0.4 is 19.8 Å². The van der Waals surface area contributed by atoms with Crippen molar-refractivity contribution in [2.24, 2.45) is 0 Å². The van der Waals surface area contributed by atoms with Crippen molar-refractivity contribution in [3.05, 3.63) is 109 Å². The zero-order chi connectivity index (χ0) is 25.6. The van der Waals surface area contributed by atoms with Crippen molar-refractivity contribution in [1.29, 1.82) is 0 Å². The molecule has 0 aliphatic carbocycles. The molecule has 0 spiro atoms. The van der Waals surface area contributed by atoms with E-state index in [1.54, 1.807) is 54.6 Å². The fourth-order valence-electron chi connectivity index (χ4n) is 4.38. The second kappa shape index (κ2) is 9.48. The Morgan fingerprint density at radius 3 is 2.64 bits per heavy atom. The minimum absolute atomic E-state index is 0.00229. The molecule has 0 saturated heterocycles. The Labute approximate surface area is 220 Å². The van der Waals surface area contributed by atoms with Crippen LogP contribution in [-0.4, -0.2) is 19.6 Å². The highest BCUT2D eigenvalue weighted by molar-refractivity contribution is 9.10. The first-order chi connectivity index (χ1) is 17.3. The topological polar surface area (TPSA) is 69.0 Å². The lowest BCUT2D eigenvalue weighted by molar-refractivity contribution is 0.0971. The van der Waals surface area contributed by atoms with E-state index in [-0.39, 0.29) is 16.8 Å². The van der Waals surface area contributed by atoms with Crippen molar-refractivity contribution >= 4 is 50.1 Å². The number of halogens is 2. The molecule has 3 aromatic carbocycles. The quantitative estimate of drug-likeness (QED) is 0.239. The van der Waals surface area contributed by atoms with Crippen LogP contribution in [0.25, 0.3) is 11.0 Å². The molecule has 1 unspecified atom stereocenters. The summed E-state index contributed by atoms with van der Waals surface area (Å²) in [6.07, 6.45) is 1.64. The Morgan fingerprint density at radius 2 is 1.92 bits per heavy atom. The molecule has 1 aliphatic rings. The molecular weight excluding hydrogens is 546 g/mol. The van der Waals surface area contributed by atoms with Gasteiger partial charge in [-0.25, -0.2) is 0 Å². The Bertz CT molecular complexity index is 1600. The second-order valence-electron chi connectivity index (χ2n) is 8.34. The van der Waals surface area contributed by atoms with Gasteiger partial charge in [-0.1, -0.05) is 52.3 Å². The molecule has 0 N–H and O–H groups in total. The van der Waals surface area contributed by atoms with Crippen LogP contribution in [0.4, 0.5) is 5.69 Å². The summed E-state index contributed by atoms with van der Waals surface area (Å²) in [7, 11) is 1.53. The van der Waals surface area contributed by atoms with Gasteiger partial charge >= 0.3 is 0 Å². The summed E-state index contributed by atoms with van der Waals surface area (Å²) in [5.74, 6) is 0.556. The molecule has 0 radical (unpaired) electrons. The largest absolute Gasteiger partial charge is 0.493 e. The lowest BCUT2D eigenvalue weighted by Gasteiger charge is -2.26. The predicted octanol–water partition coefficient (Wildman–Crippen LogP) is 6.84. The Balaban J connectivity index is 1.77. The molecule has 4 aromatic rings. The summed E-state index contributed by atoms with van der Waals surface area (Å²) >= 11 is 9.84. The van der Waals surface area contributed by atoms with Gasteiger partial charge in [0.25, 0.3) is 5.91 Å². The number of aryl methyl sites for hydroxylation is 1. The molecule has 1 aliphatic heterocycles. The number of hydrogen-bond donors (Lipinski definition) is 0. The number of ether oxygens (including phenoxy) is 2. The number of nitrogens with zero attached hydrogens (tertiary/aromatic N) is 1. The molecule has 0 bridgehead atoms. The zero-order valence-electron chi connectivity index (χ0n) is 19.5. The number of carbonyl (C=O) groups is 1. The van der Waals surface area contributed by atoms with Crippen molar-refractivity contribution in [2.75, 3.05) is 18.6 Å². The first kappa shape index (κ1) is 24.2. The number of anilines is 1. The SMILES string of the molecule is C=CCOc1ccc(C2c3c(oc4ccc(Br)cc4c3=O)C(=O)N2c2ccc(C)c(Cl)c2)cc1OC. The predicted molar refractivity (Wildman–Crippen MR) is 144 cm³/mol. The molecule has 1 atom stereocenters. The van der Waals surface area contributed by atoms with E-state index < -0.39 is 11.9 Å². The van der Waals surface area contributed by atoms with Gasteiger partial charge in [0.15, 0.2) is 16.9 Å². The van der Waals surface area contributed by atoms with E-state index in [0.717, 1.165) is 10.0 Å². The molecule has 0 saturated carbocycles. The van der Waals surface area contributed by atoms with E-state index in [4.69, 9.17) is 25.5 Å². The van der Waals surface area contributed by atoms with E-state index in [2.05, 4.69) is 22.5 Å². The van der Waals surface area contributed by atoms with Crippen molar-refractivity contribution in [3.8, 4) is 11.5 Å². The van der Waals surface area contributed by atoms with E-state index in [0.29, 0.717) is 45.3 Å². The standard InChI is InChI=1S/C28H21BrClNO5/c1-4-11-35-22-9-6-16(12-23(22)34-3)25-24-26(32)19-13-17(29)7-10-21(19)36-27(24)28(33)31(25)18-8-5-15(2)20(30)14-18/h4-10,12-14,25H,1,11H2,2-3H3. The molecule has 8 heteroatoms. The third kappa shape index (κ3) is 3.98. The summed E-state index contributed by atoms with van der Waals surface area (Å²) in [6.45, 7) is 5.86. The van der Waals surface area contributed by atoms with Crippen LogP contribution in [0.2, 0.25) is 5.02 Å². The van der Waals surface area contributed by atoms with Gasteiger partial charge in [-0.3, -0.25) is 14.5 Å². The number of benzene rings is 3. The number of rotatable bonds is 6. The first-order valence-corrected chi connectivity index (χ1v) is 12.3. The van der Waals surface area contributed by atoms with Crippen molar-refractivity contribution in [3.63, 3.8) is 0 Å². The Kier molecular flexibility index (Phi) is 6.36. The van der Waals surface area contributed by atoms with Gasteiger partial charge in [-0.05, 0) is 60.5 Å². The summed E-state index contributed by atoms with van der Waals surface area (Å²) in [4.78, 5) is 29.1. The van der Waals surface area contributed by atoms with Gasteiger partial charge in [0, 0.05) is 15.2 Å². The van der Waals surface area contributed by atoms with Crippen LogP contribution in [0.15, 0.2) is 80.9 Å². The molecule has 5 rings (SSSR count). The van der Waals surface area contributed by atoms with Gasteiger partial charge in [0.1, 0.15) is 12.2 Å². The average molecular weight is 567 g/mol. The van der Waals surface area contributed by atoms with Crippen molar-refractivity contribution < 1.29 is 18.7 Å². The van der Waals surface area contributed by atoms with Crippen LogP contribution in [-0.2, 0) is 0 Å². The summed E-state index contributed by atoms with van der Waals surface area (Å²) < 4.78 is 18.0. The smallest absolute Gasteiger partial charge is 0.295 e. The summed E-state index contributed by atoms with van der Waals surface area (Å²) in [5, 5.41) is 0.886. The van der Waals surface area contributed by atoms with Gasteiger partial charge < -0.3 is 13.9 Å². The van der Waals surface area contributed by atoms with E-state index in [1.165, 1.54) is 12.0 Å². The van der Waals surface area contributed by atoms with Gasteiger partial charge in [0.2, 0.25) is 5.76 Å². The normalized spacial score (nSPS) is 14.7. The maximum absolute atomic E-state index is 13.8. The van der Waals surface area contributed by atoms with Crippen molar-refractivity contribution in [2.45, 2.75) is 13.0 Å². The van der Waals surface area contributed by atoms with Gasteiger partial charge in [0.05, 0.1) is 24.1 Å². The number of amides is 1. The monoisotopic (exact) mass is 565 g/mol. The lowest BCUT2D eigenvalue weighted by Crippen LogP contribution is -2.29. The third-order valence-electron chi connectivity index (χ3n) is 6.13. The number of carbonyl (C=O) groups excluding carboxylic acids is 1. The van der Waals surface area contributed by atoms with Crippen LogP contribution in [0.3, 0.4) is 0 Å². The highest BCUT2D eigenvalue weighted by Gasteiger charge is 2.44. The Morgan fingerprint density at radius 1 is 1.11 bits per heavy atom. The maximum Gasteiger partial charge on any atom is 0.295 e. The molecule has 6 nitrogen and oxygen atoms in total. The highest BCUT2D eigenvalue weighted by atomic mass is 79.9. The average Bonchev–Trinajstić information content (AvgIpc) is 3.17. The molecular formula is C28H21BrClNO5. The number of hydrogen-bond acceptors (Lipinski definition) is 5. The molecule has 0 fully saturated rings. The summed E-state index contributed by atoms with van der Waals surface area (Å²) in [6, 6.07) is 15.0. The highest BCUT2D eigenvalue weighted by Crippen LogP contribution is 2.44. The lowest BCUT2D eigenvalue weighted by atomic mass is 9.97. The Hall–Kier alpha value is -3.55. The maximum atomic E-state index is 13.8. The molecule has 36 heavy (non-hydrogen) atoms. The fourth-order valence-corrected chi connectivity index (χ4v) is 4.92. The van der Waals surface area contributed by atoms with Crippen LogP contribution in [0.1, 0.15) is 33.3 Å². The van der Waals surface area contributed by atoms with Crippen LogP contribution in [0, 0.1) is 6.92 Å². The zero-order valence-corrected chi connectivity index (χ0v) is 21.9. The fraction of sp³-hybridized carbons (Fsp3) is 0.143. The number of fused-ring (bicyclic) bond motifs is 2. The van der Waals surface area contributed by atoms with E-state index in [9.17, 15) is 9.59 Å². The molecule has 1 aromatic heterocycles. The van der Waals surface area contributed by atoms with E-state index in [1.807, 2.05) is 13.0 Å². The first-order valence-electron chi connectivity index (χ1n) is 11.1. The third-order valence-corrected chi connectivity index (χ3v) is 7.03. The van der Waals surface area contributed by atoms with Gasteiger partial charge in [-0.15, -0.1) is 0 Å².